The maximum Gasteiger partial charge on any atom is -0.00772 e. The molecule has 0 amide bonds. The first-order valence-corrected chi connectivity index (χ1v) is 7.56. The molecule has 0 aliphatic rings. The molecule has 0 fully saturated rings. The molecule has 2 aromatic carbocycles. The van der Waals surface area contributed by atoms with E-state index in [1.807, 2.05) is 0 Å². The van der Waals surface area contributed by atoms with Gasteiger partial charge in [-0.1, -0.05) is 49.7 Å². The quantitative estimate of drug-likeness (QED) is 0.726. The van der Waals surface area contributed by atoms with Gasteiger partial charge in [0.15, 0.2) is 0 Å². The van der Waals surface area contributed by atoms with Gasteiger partial charge in [0.05, 0.1) is 0 Å². The van der Waals surface area contributed by atoms with Gasteiger partial charge >= 0.3 is 0 Å². The van der Waals surface area contributed by atoms with Crippen molar-refractivity contribution in [1.82, 2.24) is 0 Å². The van der Waals surface area contributed by atoms with E-state index < -0.39 is 0 Å². The Morgan fingerprint density at radius 3 is 1.89 bits per heavy atom. The van der Waals surface area contributed by atoms with Crippen molar-refractivity contribution in [1.29, 1.82) is 0 Å². The molecular formula is C18H25N. The lowest BCUT2D eigenvalue weighted by atomic mass is 9.94. The van der Waals surface area contributed by atoms with Gasteiger partial charge in [0.1, 0.15) is 0 Å². The summed E-state index contributed by atoms with van der Waals surface area (Å²) in [6, 6.07) is 13.5. The van der Waals surface area contributed by atoms with E-state index in [0.717, 1.165) is 19.4 Å². The Labute approximate surface area is 116 Å². The fourth-order valence-corrected chi connectivity index (χ4v) is 2.69. The second-order valence-corrected chi connectivity index (χ2v) is 5.28. The van der Waals surface area contributed by atoms with Crippen LogP contribution in [0, 0.1) is 0 Å². The van der Waals surface area contributed by atoms with Gasteiger partial charge in [-0.25, -0.2) is 0 Å². The summed E-state index contributed by atoms with van der Waals surface area (Å²) >= 11 is 0. The van der Waals surface area contributed by atoms with E-state index in [0.29, 0.717) is 0 Å². The predicted octanol–water partition coefficient (Wildman–Crippen LogP) is 4.46. The molecule has 2 N–H and O–H groups in total. The van der Waals surface area contributed by atoms with Crippen molar-refractivity contribution in [2.45, 2.75) is 45.4 Å². The van der Waals surface area contributed by atoms with Crippen molar-refractivity contribution in [3.05, 3.63) is 47.5 Å². The van der Waals surface area contributed by atoms with Crippen LogP contribution >= 0.6 is 0 Å². The first-order valence-electron chi connectivity index (χ1n) is 7.56. The minimum atomic E-state index is 0.798. The molecule has 0 aliphatic carbocycles. The molecule has 0 heterocycles. The van der Waals surface area contributed by atoms with Crippen molar-refractivity contribution in [3.63, 3.8) is 0 Å². The molecule has 0 saturated heterocycles. The number of unbranched alkanes of at least 4 members (excludes halogenated alkanes) is 2. The summed E-state index contributed by atoms with van der Waals surface area (Å²) in [5.74, 6) is 0. The minimum absolute atomic E-state index is 0.798. The second kappa shape index (κ2) is 7.30. The summed E-state index contributed by atoms with van der Waals surface area (Å²) in [4.78, 5) is 0. The molecule has 102 valence electrons. The first-order chi connectivity index (χ1) is 9.36. The van der Waals surface area contributed by atoms with Gasteiger partial charge in [0, 0.05) is 0 Å². The largest absolute Gasteiger partial charge is 0.330 e. The van der Waals surface area contributed by atoms with Crippen molar-refractivity contribution < 1.29 is 0 Å². The lowest BCUT2D eigenvalue weighted by molar-refractivity contribution is 0.747. The highest BCUT2D eigenvalue weighted by molar-refractivity contribution is 5.88. The van der Waals surface area contributed by atoms with E-state index in [9.17, 15) is 0 Å². The van der Waals surface area contributed by atoms with Crippen LogP contribution in [-0.2, 0) is 12.8 Å². The molecule has 0 spiro atoms. The van der Waals surface area contributed by atoms with Crippen LogP contribution in [0.4, 0.5) is 0 Å². The number of benzene rings is 2. The highest BCUT2D eigenvalue weighted by atomic mass is 14.5. The molecule has 0 atom stereocenters. The second-order valence-electron chi connectivity index (χ2n) is 5.28. The monoisotopic (exact) mass is 255 g/mol. The molecule has 2 aromatic rings. The van der Waals surface area contributed by atoms with Crippen LogP contribution in [-0.4, -0.2) is 6.54 Å². The molecule has 1 heteroatoms. The van der Waals surface area contributed by atoms with Crippen LogP contribution in [0.25, 0.3) is 10.8 Å². The predicted molar refractivity (Wildman–Crippen MR) is 84.6 cm³/mol. The number of fused-ring (bicyclic) bond motifs is 1. The zero-order chi connectivity index (χ0) is 13.5. The number of nitrogens with two attached hydrogens (primary N) is 1. The van der Waals surface area contributed by atoms with Crippen LogP contribution < -0.4 is 5.73 Å². The molecule has 0 bridgehead atoms. The van der Waals surface area contributed by atoms with Gasteiger partial charge in [0.2, 0.25) is 0 Å². The molecule has 0 unspecified atom stereocenters. The maximum absolute atomic E-state index is 5.58. The molecular weight excluding hydrogens is 230 g/mol. The third-order valence-electron chi connectivity index (χ3n) is 3.80. The van der Waals surface area contributed by atoms with Crippen molar-refractivity contribution in [2.75, 3.05) is 6.54 Å². The summed E-state index contributed by atoms with van der Waals surface area (Å²) in [7, 11) is 0. The highest BCUT2D eigenvalue weighted by Crippen LogP contribution is 2.25. The molecule has 2 rings (SSSR count). The van der Waals surface area contributed by atoms with E-state index >= 15 is 0 Å². The van der Waals surface area contributed by atoms with Gasteiger partial charge in [-0.3, -0.25) is 0 Å². The Morgan fingerprint density at radius 1 is 0.789 bits per heavy atom. The van der Waals surface area contributed by atoms with Gasteiger partial charge in [-0.05, 0) is 60.5 Å². The van der Waals surface area contributed by atoms with Gasteiger partial charge in [-0.15, -0.1) is 0 Å². The smallest absolute Gasteiger partial charge is 0.00772 e. The normalized spacial score (nSPS) is 11.1. The van der Waals surface area contributed by atoms with Crippen molar-refractivity contribution in [2.24, 2.45) is 5.73 Å². The summed E-state index contributed by atoms with van der Waals surface area (Å²) < 4.78 is 0. The number of aryl methyl sites for hydroxylation is 2. The van der Waals surface area contributed by atoms with E-state index in [-0.39, 0.29) is 0 Å². The number of hydrogen-bond donors (Lipinski definition) is 1. The Bertz CT molecular complexity index is 516. The van der Waals surface area contributed by atoms with Crippen molar-refractivity contribution >= 4 is 10.8 Å². The van der Waals surface area contributed by atoms with Gasteiger partial charge in [0.25, 0.3) is 0 Å². The highest BCUT2D eigenvalue weighted by Gasteiger charge is 2.05. The van der Waals surface area contributed by atoms with Gasteiger partial charge in [-0.2, -0.15) is 0 Å². The molecule has 0 saturated carbocycles. The van der Waals surface area contributed by atoms with E-state index in [1.54, 1.807) is 0 Å². The third kappa shape index (κ3) is 3.57. The Kier molecular flexibility index (Phi) is 5.41. The molecule has 0 radical (unpaired) electrons. The standard InChI is InChI=1S/C18H25N/c1-2-3-8-15-12-13-16(9-6-7-14-19)18-11-5-4-10-17(15)18/h4-5,10-13H,2-3,6-9,14,19H2,1H3. The van der Waals surface area contributed by atoms with Crippen LogP contribution in [0.5, 0.6) is 0 Å². The third-order valence-corrected chi connectivity index (χ3v) is 3.80. The van der Waals surface area contributed by atoms with E-state index in [1.165, 1.54) is 47.6 Å². The molecule has 19 heavy (non-hydrogen) atoms. The SMILES string of the molecule is CCCCc1ccc(CCCCN)c2ccccc12. The minimum Gasteiger partial charge on any atom is -0.330 e. The molecule has 0 aromatic heterocycles. The molecule has 1 nitrogen and oxygen atoms in total. The first kappa shape index (κ1) is 14.1. The Morgan fingerprint density at radius 2 is 1.37 bits per heavy atom. The number of hydrogen-bond acceptors (Lipinski definition) is 1. The summed E-state index contributed by atoms with van der Waals surface area (Å²) in [6.07, 6.45) is 7.18. The fraction of sp³-hybridized carbons (Fsp3) is 0.444. The van der Waals surface area contributed by atoms with Gasteiger partial charge < -0.3 is 5.73 Å². The number of rotatable bonds is 7. The zero-order valence-electron chi connectivity index (χ0n) is 12.0. The van der Waals surface area contributed by atoms with Crippen molar-refractivity contribution in [3.8, 4) is 0 Å². The van der Waals surface area contributed by atoms with E-state index in [2.05, 4.69) is 43.3 Å². The lowest BCUT2D eigenvalue weighted by Crippen LogP contribution is -1.99. The maximum atomic E-state index is 5.58. The summed E-state index contributed by atoms with van der Waals surface area (Å²) in [5.41, 5.74) is 8.56. The molecule has 0 aliphatic heterocycles. The topological polar surface area (TPSA) is 26.0 Å². The van der Waals surface area contributed by atoms with Crippen LogP contribution in [0.1, 0.15) is 43.7 Å². The average Bonchev–Trinajstić information content (AvgIpc) is 2.46. The fourth-order valence-electron chi connectivity index (χ4n) is 2.69. The van der Waals surface area contributed by atoms with Crippen LogP contribution in [0.15, 0.2) is 36.4 Å². The Hall–Kier alpha value is -1.34. The van der Waals surface area contributed by atoms with Crippen LogP contribution in [0.2, 0.25) is 0 Å². The zero-order valence-corrected chi connectivity index (χ0v) is 12.0. The van der Waals surface area contributed by atoms with Crippen LogP contribution in [0.3, 0.4) is 0 Å². The summed E-state index contributed by atoms with van der Waals surface area (Å²) in [5, 5.41) is 2.88. The lowest BCUT2D eigenvalue weighted by Gasteiger charge is -2.11. The Balaban J connectivity index is 2.29. The summed E-state index contributed by atoms with van der Waals surface area (Å²) in [6.45, 7) is 3.05. The van der Waals surface area contributed by atoms with E-state index in [4.69, 9.17) is 5.73 Å². The average molecular weight is 255 g/mol.